The smallest absolute Gasteiger partial charge is 0.0713 e. The van der Waals surface area contributed by atoms with E-state index in [1.165, 1.54) is 0 Å². The number of anilines is 1. The molecule has 0 spiro atoms. The van der Waals surface area contributed by atoms with E-state index in [2.05, 4.69) is 0 Å². The topological polar surface area (TPSA) is 35.2 Å². The molecule has 12 heavy (non-hydrogen) atoms. The van der Waals surface area contributed by atoms with Crippen molar-refractivity contribution in [1.29, 1.82) is 0 Å². The molecule has 0 unspecified atom stereocenters. The van der Waals surface area contributed by atoms with Crippen molar-refractivity contribution in [3.63, 3.8) is 0 Å². The highest BCUT2D eigenvalue weighted by Crippen LogP contribution is 2.06. The van der Waals surface area contributed by atoms with Crippen LogP contribution >= 0.6 is 0 Å². The quantitative estimate of drug-likeness (QED) is 0.687. The fraction of sp³-hybridized carbons (Fsp3) is 0.400. The molecule has 2 nitrogen and oxygen atoms in total. The van der Waals surface area contributed by atoms with E-state index in [1.807, 2.05) is 38.1 Å². The van der Waals surface area contributed by atoms with Gasteiger partial charge in [0, 0.05) is 12.8 Å². The summed E-state index contributed by atoms with van der Waals surface area (Å²) in [4.78, 5) is 0. The lowest BCUT2D eigenvalue weighted by Crippen LogP contribution is -1.89. The first-order valence-electron chi connectivity index (χ1n) is 4.16. The summed E-state index contributed by atoms with van der Waals surface area (Å²) in [5.74, 6) is 0. The van der Waals surface area contributed by atoms with Crippen LogP contribution < -0.4 is 5.73 Å². The predicted octanol–water partition coefficient (Wildman–Crippen LogP) is 2.44. The zero-order valence-electron chi connectivity index (χ0n) is 8.00. The van der Waals surface area contributed by atoms with Crippen LogP contribution in [0.1, 0.15) is 19.4 Å². The first kappa shape index (κ1) is 11.0. The minimum Gasteiger partial charge on any atom is -0.399 e. The third kappa shape index (κ3) is 3.98. The highest BCUT2D eigenvalue weighted by atomic mass is 16.5. The number of ether oxygens (including phenoxy) is 1. The number of nitrogens with two attached hydrogens (primary N) is 1. The first-order chi connectivity index (χ1) is 5.83. The molecule has 0 bridgehead atoms. The molecular weight excluding hydrogens is 150 g/mol. The summed E-state index contributed by atoms with van der Waals surface area (Å²) in [5.41, 5.74) is 7.43. The minimum atomic E-state index is 0.630. The molecule has 68 valence electrons. The summed E-state index contributed by atoms with van der Waals surface area (Å²) in [6.45, 7) is 4.63. The van der Waals surface area contributed by atoms with E-state index in [1.54, 1.807) is 7.11 Å². The van der Waals surface area contributed by atoms with Crippen LogP contribution in [0, 0.1) is 0 Å². The molecule has 1 aromatic rings. The van der Waals surface area contributed by atoms with Gasteiger partial charge in [-0.25, -0.2) is 0 Å². The van der Waals surface area contributed by atoms with Gasteiger partial charge < -0.3 is 10.5 Å². The number of benzene rings is 1. The molecule has 1 rings (SSSR count). The van der Waals surface area contributed by atoms with Crippen LogP contribution in [0.15, 0.2) is 24.3 Å². The molecule has 0 aromatic heterocycles. The zero-order valence-corrected chi connectivity index (χ0v) is 8.00. The number of rotatable bonds is 2. The molecule has 2 heteroatoms. The van der Waals surface area contributed by atoms with Crippen molar-refractivity contribution in [2.75, 3.05) is 12.8 Å². The largest absolute Gasteiger partial charge is 0.399 e. The molecule has 1 aromatic carbocycles. The maximum Gasteiger partial charge on any atom is 0.0713 e. The molecule has 0 amide bonds. The van der Waals surface area contributed by atoms with Crippen molar-refractivity contribution in [2.45, 2.75) is 20.5 Å². The SMILES string of the molecule is CC.COCc1cccc(N)c1. The van der Waals surface area contributed by atoms with Crippen LogP contribution in [0.4, 0.5) is 5.69 Å². The Balaban J connectivity index is 0.000000561. The van der Waals surface area contributed by atoms with Gasteiger partial charge in [-0.2, -0.15) is 0 Å². The Morgan fingerprint density at radius 2 is 2.00 bits per heavy atom. The fourth-order valence-corrected chi connectivity index (χ4v) is 0.850. The number of hydrogen-bond donors (Lipinski definition) is 1. The van der Waals surface area contributed by atoms with E-state index in [0.717, 1.165) is 11.3 Å². The second-order valence-electron chi connectivity index (χ2n) is 2.18. The summed E-state index contributed by atoms with van der Waals surface area (Å²) in [6, 6.07) is 7.67. The Morgan fingerprint density at radius 3 is 2.50 bits per heavy atom. The van der Waals surface area contributed by atoms with Gasteiger partial charge in [0.05, 0.1) is 6.61 Å². The van der Waals surface area contributed by atoms with E-state index in [9.17, 15) is 0 Å². The van der Waals surface area contributed by atoms with Crippen molar-refractivity contribution in [2.24, 2.45) is 0 Å². The Labute approximate surface area is 74.4 Å². The highest BCUT2D eigenvalue weighted by Gasteiger charge is 1.89. The monoisotopic (exact) mass is 167 g/mol. The molecule has 0 aliphatic heterocycles. The Hall–Kier alpha value is -1.02. The van der Waals surface area contributed by atoms with Crippen LogP contribution in [0.2, 0.25) is 0 Å². The Morgan fingerprint density at radius 1 is 1.33 bits per heavy atom. The van der Waals surface area contributed by atoms with Gasteiger partial charge in [-0.3, -0.25) is 0 Å². The van der Waals surface area contributed by atoms with Gasteiger partial charge in [0.15, 0.2) is 0 Å². The second kappa shape index (κ2) is 6.68. The molecule has 0 saturated carbocycles. The highest BCUT2D eigenvalue weighted by molar-refractivity contribution is 5.40. The molecule has 0 saturated heterocycles. The van der Waals surface area contributed by atoms with E-state index in [-0.39, 0.29) is 0 Å². The molecule has 0 fully saturated rings. The van der Waals surface area contributed by atoms with Crippen molar-refractivity contribution >= 4 is 5.69 Å². The van der Waals surface area contributed by atoms with E-state index in [4.69, 9.17) is 10.5 Å². The van der Waals surface area contributed by atoms with E-state index in [0.29, 0.717) is 6.61 Å². The van der Waals surface area contributed by atoms with Crippen molar-refractivity contribution in [1.82, 2.24) is 0 Å². The van der Waals surface area contributed by atoms with E-state index < -0.39 is 0 Å². The van der Waals surface area contributed by atoms with Crippen molar-refractivity contribution < 1.29 is 4.74 Å². The van der Waals surface area contributed by atoms with Gasteiger partial charge in [-0.05, 0) is 17.7 Å². The van der Waals surface area contributed by atoms with Crippen LogP contribution in [0.5, 0.6) is 0 Å². The molecule has 0 aliphatic rings. The lowest BCUT2D eigenvalue weighted by molar-refractivity contribution is 0.185. The molecule has 0 heterocycles. The van der Waals surface area contributed by atoms with Gasteiger partial charge in [-0.1, -0.05) is 26.0 Å². The third-order valence-electron chi connectivity index (χ3n) is 1.26. The molecular formula is C10H17NO. The Bertz CT molecular complexity index is 211. The van der Waals surface area contributed by atoms with Crippen LogP contribution in [0.25, 0.3) is 0 Å². The molecule has 0 aliphatic carbocycles. The van der Waals surface area contributed by atoms with Gasteiger partial charge in [0.1, 0.15) is 0 Å². The first-order valence-corrected chi connectivity index (χ1v) is 4.16. The lowest BCUT2D eigenvalue weighted by atomic mass is 10.2. The fourth-order valence-electron chi connectivity index (χ4n) is 0.850. The van der Waals surface area contributed by atoms with Crippen LogP contribution in [-0.2, 0) is 11.3 Å². The minimum absolute atomic E-state index is 0.630. The van der Waals surface area contributed by atoms with Crippen LogP contribution in [-0.4, -0.2) is 7.11 Å². The van der Waals surface area contributed by atoms with Gasteiger partial charge in [0.2, 0.25) is 0 Å². The van der Waals surface area contributed by atoms with Gasteiger partial charge in [-0.15, -0.1) is 0 Å². The maximum absolute atomic E-state index is 5.53. The molecule has 0 radical (unpaired) electrons. The summed E-state index contributed by atoms with van der Waals surface area (Å²) in [7, 11) is 1.67. The van der Waals surface area contributed by atoms with Crippen LogP contribution in [0.3, 0.4) is 0 Å². The summed E-state index contributed by atoms with van der Waals surface area (Å²) >= 11 is 0. The zero-order chi connectivity index (χ0) is 9.40. The predicted molar refractivity (Wildman–Crippen MR) is 52.9 cm³/mol. The van der Waals surface area contributed by atoms with Crippen molar-refractivity contribution in [3.8, 4) is 0 Å². The van der Waals surface area contributed by atoms with Gasteiger partial charge in [0.25, 0.3) is 0 Å². The number of nitrogen functional groups attached to an aromatic ring is 1. The molecule has 2 N–H and O–H groups in total. The lowest BCUT2D eigenvalue weighted by Gasteiger charge is -1.98. The average Bonchev–Trinajstić information content (AvgIpc) is 2.09. The third-order valence-corrected chi connectivity index (χ3v) is 1.26. The normalized spacial score (nSPS) is 8.58. The summed E-state index contributed by atoms with van der Waals surface area (Å²) < 4.78 is 4.93. The maximum atomic E-state index is 5.53. The van der Waals surface area contributed by atoms with Crippen molar-refractivity contribution in [3.05, 3.63) is 29.8 Å². The number of hydrogen-bond acceptors (Lipinski definition) is 2. The van der Waals surface area contributed by atoms with Gasteiger partial charge >= 0.3 is 0 Å². The second-order valence-corrected chi connectivity index (χ2v) is 2.18. The van der Waals surface area contributed by atoms with E-state index >= 15 is 0 Å². The Kier molecular flexibility index (Phi) is 6.11. The molecule has 0 atom stereocenters. The summed E-state index contributed by atoms with van der Waals surface area (Å²) in [6.07, 6.45) is 0. The number of methoxy groups -OCH3 is 1. The summed E-state index contributed by atoms with van der Waals surface area (Å²) in [5, 5.41) is 0. The standard InChI is InChI=1S/C8H11NO.C2H6/c1-10-6-7-3-2-4-8(9)5-7;1-2/h2-5H,6,9H2,1H3;1-2H3. The average molecular weight is 167 g/mol.